The van der Waals surface area contributed by atoms with Crippen LogP contribution in [-0.4, -0.2) is 21.2 Å². The Morgan fingerprint density at radius 1 is 1.46 bits per heavy atom. The Morgan fingerprint density at radius 3 is 2.54 bits per heavy atom. The van der Waals surface area contributed by atoms with Crippen LogP contribution in [0.5, 0.6) is 0 Å². The van der Waals surface area contributed by atoms with Gasteiger partial charge in [0, 0.05) is 12.4 Å². The molecule has 1 atom stereocenters. The zero-order valence-electron chi connectivity index (χ0n) is 7.02. The van der Waals surface area contributed by atoms with Gasteiger partial charge in [0.05, 0.1) is 5.56 Å². The van der Waals surface area contributed by atoms with Crippen molar-refractivity contribution in [3.8, 4) is 17.9 Å². The van der Waals surface area contributed by atoms with Crippen LogP contribution in [-0.2, 0) is 0 Å². The molecule has 1 aromatic rings. The highest BCUT2D eigenvalue weighted by atomic mass is 16.3. The molecule has 0 saturated heterocycles. The third-order valence-corrected chi connectivity index (χ3v) is 1.18. The molecule has 0 unspecified atom stereocenters. The fourth-order valence-corrected chi connectivity index (χ4v) is 0.638. The van der Waals surface area contributed by atoms with Crippen LogP contribution < -0.4 is 0 Å². The van der Waals surface area contributed by atoms with Gasteiger partial charge in [0.15, 0.2) is 0 Å². The Hall–Kier alpha value is -1.91. The topological polar surface area (TPSA) is 69.8 Å². The molecule has 0 fully saturated rings. The largest absolute Gasteiger partial charge is 0.381 e. The molecule has 0 radical (unpaired) electrons. The van der Waals surface area contributed by atoms with Crippen LogP contribution in [0.3, 0.4) is 0 Å². The van der Waals surface area contributed by atoms with Crippen molar-refractivity contribution < 1.29 is 5.11 Å². The van der Waals surface area contributed by atoms with Gasteiger partial charge < -0.3 is 5.11 Å². The van der Waals surface area contributed by atoms with E-state index >= 15 is 0 Å². The molecule has 0 aliphatic rings. The maximum absolute atomic E-state index is 8.85. The minimum absolute atomic E-state index is 0.114. The van der Waals surface area contributed by atoms with Gasteiger partial charge in [-0.1, -0.05) is 11.8 Å². The number of aliphatic hydroxyl groups is 1. The molecule has 4 heteroatoms. The van der Waals surface area contributed by atoms with E-state index in [2.05, 4.69) is 21.8 Å². The third-order valence-electron chi connectivity index (χ3n) is 1.18. The molecular weight excluding hydrogens is 166 g/mol. The summed E-state index contributed by atoms with van der Waals surface area (Å²) < 4.78 is 0. The summed E-state index contributed by atoms with van der Waals surface area (Å²) in [5.41, 5.74) is 0.583. The fourth-order valence-electron chi connectivity index (χ4n) is 0.638. The standard InChI is InChI=1S/C9H7N3O/c1-7(13)2-3-8-5-11-9(4-10)12-6-8/h5-7,13H,1H3/t7-/m0/s1. The van der Waals surface area contributed by atoms with Crippen LogP contribution >= 0.6 is 0 Å². The van der Waals surface area contributed by atoms with E-state index in [4.69, 9.17) is 10.4 Å². The smallest absolute Gasteiger partial charge is 0.232 e. The monoisotopic (exact) mass is 173 g/mol. The van der Waals surface area contributed by atoms with Gasteiger partial charge in [-0.25, -0.2) is 9.97 Å². The van der Waals surface area contributed by atoms with Crippen LogP contribution in [0.1, 0.15) is 18.3 Å². The van der Waals surface area contributed by atoms with E-state index in [1.54, 1.807) is 13.0 Å². The van der Waals surface area contributed by atoms with Crippen LogP contribution in [0.25, 0.3) is 0 Å². The summed E-state index contributed by atoms with van der Waals surface area (Å²) >= 11 is 0. The lowest BCUT2D eigenvalue weighted by atomic mass is 10.3. The summed E-state index contributed by atoms with van der Waals surface area (Å²) in [5, 5.41) is 17.2. The van der Waals surface area contributed by atoms with Crippen molar-refractivity contribution in [2.24, 2.45) is 0 Å². The highest BCUT2D eigenvalue weighted by Gasteiger charge is 1.92. The van der Waals surface area contributed by atoms with E-state index < -0.39 is 6.10 Å². The summed E-state index contributed by atoms with van der Waals surface area (Å²) in [4.78, 5) is 7.44. The lowest BCUT2D eigenvalue weighted by molar-refractivity contribution is 0.253. The molecule has 0 aliphatic heterocycles. The normalized spacial score (nSPS) is 10.8. The summed E-state index contributed by atoms with van der Waals surface area (Å²) in [6, 6.07) is 1.80. The maximum atomic E-state index is 8.85. The Labute approximate surface area is 75.9 Å². The van der Waals surface area contributed by atoms with Crippen molar-refractivity contribution in [1.29, 1.82) is 5.26 Å². The molecule has 1 rings (SSSR count). The third kappa shape index (κ3) is 2.90. The number of aromatic nitrogens is 2. The Kier molecular flexibility index (Phi) is 2.97. The Morgan fingerprint density at radius 2 is 2.08 bits per heavy atom. The van der Waals surface area contributed by atoms with Gasteiger partial charge >= 0.3 is 0 Å². The predicted molar refractivity (Wildman–Crippen MR) is 45.3 cm³/mol. The van der Waals surface area contributed by atoms with Crippen molar-refractivity contribution in [2.45, 2.75) is 13.0 Å². The van der Waals surface area contributed by atoms with Gasteiger partial charge in [0.1, 0.15) is 12.2 Å². The Bertz CT molecular complexity index is 378. The molecule has 1 aromatic heterocycles. The first-order valence-corrected chi connectivity index (χ1v) is 3.64. The number of rotatable bonds is 0. The molecule has 0 bridgehead atoms. The van der Waals surface area contributed by atoms with Gasteiger partial charge in [0.25, 0.3) is 0 Å². The molecule has 4 nitrogen and oxygen atoms in total. The zero-order valence-corrected chi connectivity index (χ0v) is 7.02. The first kappa shape index (κ1) is 9.18. The van der Waals surface area contributed by atoms with E-state index in [9.17, 15) is 0 Å². The lowest BCUT2D eigenvalue weighted by Gasteiger charge is -1.89. The van der Waals surface area contributed by atoms with Crippen LogP contribution in [0.15, 0.2) is 12.4 Å². The fraction of sp³-hybridized carbons (Fsp3) is 0.222. The van der Waals surface area contributed by atoms with Crippen molar-refractivity contribution in [2.75, 3.05) is 0 Å². The van der Waals surface area contributed by atoms with E-state index in [1.165, 1.54) is 12.4 Å². The first-order chi connectivity index (χ1) is 6.22. The molecule has 0 aromatic carbocycles. The minimum Gasteiger partial charge on any atom is -0.381 e. The molecule has 0 amide bonds. The van der Waals surface area contributed by atoms with Gasteiger partial charge in [-0.3, -0.25) is 0 Å². The van der Waals surface area contributed by atoms with Crippen molar-refractivity contribution in [3.63, 3.8) is 0 Å². The second-order valence-electron chi connectivity index (χ2n) is 2.35. The SMILES string of the molecule is C[C@H](O)C#Cc1cnc(C#N)nc1. The molecule has 1 heterocycles. The summed E-state index contributed by atoms with van der Waals surface area (Å²) in [7, 11) is 0. The summed E-state index contributed by atoms with van der Waals surface area (Å²) in [6.07, 6.45) is 2.22. The highest BCUT2D eigenvalue weighted by molar-refractivity contribution is 5.31. The Balaban J connectivity index is 2.84. The molecule has 0 spiro atoms. The van der Waals surface area contributed by atoms with E-state index in [-0.39, 0.29) is 5.82 Å². The van der Waals surface area contributed by atoms with E-state index in [1.807, 2.05) is 0 Å². The van der Waals surface area contributed by atoms with Crippen LogP contribution in [0, 0.1) is 23.2 Å². The lowest BCUT2D eigenvalue weighted by Crippen LogP contribution is -1.93. The van der Waals surface area contributed by atoms with Crippen LogP contribution in [0.2, 0.25) is 0 Å². The summed E-state index contributed by atoms with van der Waals surface area (Å²) in [6.45, 7) is 1.57. The molecule has 0 saturated carbocycles. The molecule has 0 aliphatic carbocycles. The van der Waals surface area contributed by atoms with Crippen molar-refractivity contribution in [1.82, 2.24) is 9.97 Å². The van der Waals surface area contributed by atoms with Gasteiger partial charge in [-0.05, 0) is 6.92 Å². The summed E-state index contributed by atoms with van der Waals surface area (Å²) in [5.74, 6) is 5.32. The predicted octanol–water partition coefficient (Wildman–Crippen LogP) is 0.0806. The zero-order chi connectivity index (χ0) is 9.68. The number of hydrogen-bond acceptors (Lipinski definition) is 4. The molecule has 13 heavy (non-hydrogen) atoms. The number of nitrogens with zero attached hydrogens (tertiary/aromatic N) is 3. The second-order valence-corrected chi connectivity index (χ2v) is 2.35. The molecule has 1 N–H and O–H groups in total. The average molecular weight is 173 g/mol. The quantitative estimate of drug-likeness (QED) is 0.564. The second kappa shape index (κ2) is 4.20. The number of nitriles is 1. The maximum Gasteiger partial charge on any atom is 0.232 e. The highest BCUT2D eigenvalue weighted by Crippen LogP contribution is 1.92. The van der Waals surface area contributed by atoms with Crippen LogP contribution in [0.4, 0.5) is 0 Å². The average Bonchev–Trinajstić information content (AvgIpc) is 2.15. The van der Waals surface area contributed by atoms with Crippen molar-refractivity contribution in [3.05, 3.63) is 23.8 Å². The van der Waals surface area contributed by atoms with Gasteiger partial charge in [0.2, 0.25) is 5.82 Å². The van der Waals surface area contributed by atoms with Crippen molar-refractivity contribution >= 4 is 0 Å². The number of hydrogen-bond donors (Lipinski definition) is 1. The first-order valence-electron chi connectivity index (χ1n) is 3.64. The number of aliphatic hydroxyl groups excluding tert-OH is 1. The van der Waals surface area contributed by atoms with Gasteiger partial charge in [-0.2, -0.15) is 5.26 Å². The van der Waals surface area contributed by atoms with E-state index in [0.717, 1.165) is 0 Å². The molecular formula is C9H7N3O. The molecule has 64 valence electrons. The van der Waals surface area contributed by atoms with Gasteiger partial charge in [-0.15, -0.1) is 0 Å². The minimum atomic E-state index is -0.671. The van der Waals surface area contributed by atoms with E-state index in [0.29, 0.717) is 5.56 Å².